The van der Waals surface area contributed by atoms with E-state index in [-0.39, 0.29) is 6.61 Å². The summed E-state index contributed by atoms with van der Waals surface area (Å²) in [6.45, 7) is 4.61. The highest BCUT2D eigenvalue weighted by Gasteiger charge is 2.06. The summed E-state index contributed by atoms with van der Waals surface area (Å²) in [4.78, 5) is 0. The second-order valence-corrected chi connectivity index (χ2v) is 5.53. The largest absolute Gasteiger partial charge is 0.491 e. The van der Waals surface area contributed by atoms with E-state index in [0.29, 0.717) is 11.6 Å². The average Bonchev–Trinajstić information content (AvgIpc) is 2.46. The molecule has 1 atom stereocenters. The molecule has 0 aliphatic heterocycles. The van der Waals surface area contributed by atoms with Gasteiger partial charge in [-0.15, -0.1) is 0 Å². The van der Waals surface area contributed by atoms with Gasteiger partial charge in [-0.05, 0) is 49.2 Å². The number of benzene rings is 2. The Bertz CT molecular complexity index is 601. The molecule has 21 heavy (non-hydrogen) atoms. The summed E-state index contributed by atoms with van der Waals surface area (Å²) in [5.74, 6) is 0.771. The van der Waals surface area contributed by atoms with Gasteiger partial charge in [0.1, 0.15) is 18.5 Å². The molecule has 4 heteroatoms. The Hall–Kier alpha value is -1.71. The van der Waals surface area contributed by atoms with Gasteiger partial charge >= 0.3 is 0 Å². The molecule has 1 unspecified atom stereocenters. The molecule has 0 amide bonds. The zero-order chi connectivity index (χ0) is 15.2. The van der Waals surface area contributed by atoms with Gasteiger partial charge in [-0.2, -0.15) is 0 Å². The number of ether oxygens (including phenoxy) is 1. The number of aliphatic hydroxyl groups excluding tert-OH is 1. The molecular formula is C17H20ClNO2. The normalized spacial score (nSPS) is 12.0. The summed E-state index contributed by atoms with van der Waals surface area (Å²) in [6.07, 6.45) is -0.592. The zero-order valence-electron chi connectivity index (χ0n) is 12.3. The number of aryl methyl sites for hydroxylation is 2. The van der Waals surface area contributed by atoms with Crippen molar-refractivity contribution in [3.63, 3.8) is 0 Å². The van der Waals surface area contributed by atoms with E-state index in [4.69, 9.17) is 16.3 Å². The number of rotatable bonds is 6. The third-order valence-corrected chi connectivity index (χ3v) is 3.55. The average molecular weight is 306 g/mol. The summed E-state index contributed by atoms with van der Waals surface area (Å²) in [6, 6.07) is 13.5. The number of anilines is 1. The van der Waals surface area contributed by atoms with Crippen molar-refractivity contribution in [3.8, 4) is 5.75 Å². The molecule has 0 aromatic heterocycles. The lowest BCUT2D eigenvalue weighted by atomic mass is 10.2. The van der Waals surface area contributed by atoms with E-state index in [0.717, 1.165) is 22.6 Å². The predicted molar refractivity (Wildman–Crippen MR) is 87.4 cm³/mol. The first-order chi connectivity index (χ1) is 10.0. The van der Waals surface area contributed by atoms with Crippen LogP contribution in [0.15, 0.2) is 42.5 Å². The number of aliphatic hydroxyl groups is 1. The van der Waals surface area contributed by atoms with Crippen LogP contribution in [0, 0.1) is 13.8 Å². The van der Waals surface area contributed by atoms with E-state index in [9.17, 15) is 5.11 Å². The van der Waals surface area contributed by atoms with Crippen LogP contribution in [0.2, 0.25) is 5.02 Å². The Morgan fingerprint density at radius 3 is 2.71 bits per heavy atom. The van der Waals surface area contributed by atoms with Crippen LogP contribution in [0.4, 0.5) is 5.69 Å². The Morgan fingerprint density at radius 1 is 1.19 bits per heavy atom. The van der Waals surface area contributed by atoms with Gasteiger partial charge in [0.25, 0.3) is 0 Å². The van der Waals surface area contributed by atoms with Crippen molar-refractivity contribution in [2.75, 3.05) is 18.5 Å². The van der Waals surface area contributed by atoms with Crippen molar-refractivity contribution in [2.45, 2.75) is 20.0 Å². The molecule has 3 nitrogen and oxygen atoms in total. The molecule has 0 aliphatic rings. The second kappa shape index (κ2) is 7.34. The molecule has 2 rings (SSSR count). The lowest BCUT2D eigenvalue weighted by molar-refractivity contribution is 0.117. The van der Waals surface area contributed by atoms with Gasteiger partial charge in [0.05, 0.1) is 0 Å². The SMILES string of the molecule is Cc1cccc(OCC(O)CNc2ccc(C)c(Cl)c2)c1. The maximum atomic E-state index is 9.94. The van der Waals surface area contributed by atoms with Gasteiger partial charge in [-0.1, -0.05) is 29.8 Å². The van der Waals surface area contributed by atoms with Crippen LogP contribution in [-0.4, -0.2) is 24.4 Å². The fourth-order valence-corrected chi connectivity index (χ4v) is 2.08. The van der Waals surface area contributed by atoms with Gasteiger partial charge < -0.3 is 15.2 Å². The lowest BCUT2D eigenvalue weighted by Crippen LogP contribution is -2.26. The van der Waals surface area contributed by atoms with E-state index in [1.807, 2.05) is 56.3 Å². The Kier molecular flexibility index (Phi) is 5.48. The minimum absolute atomic E-state index is 0.246. The number of hydrogen-bond acceptors (Lipinski definition) is 3. The highest BCUT2D eigenvalue weighted by Crippen LogP contribution is 2.20. The zero-order valence-corrected chi connectivity index (χ0v) is 13.0. The third kappa shape index (κ3) is 4.96. The van der Waals surface area contributed by atoms with Gasteiger partial charge in [0.15, 0.2) is 0 Å². The minimum Gasteiger partial charge on any atom is -0.491 e. The second-order valence-electron chi connectivity index (χ2n) is 5.13. The van der Waals surface area contributed by atoms with Crippen LogP contribution in [0.25, 0.3) is 0 Å². The van der Waals surface area contributed by atoms with Crippen LogP contribution < -0.4 is 10.1 Å². The van der Waals surface area contributed by atoms with E-state index >= 15 is 0 Å². The van der Waals surface area contributed by atoms with Crippen molar-refractivity contribution < 1.29 is 9.84 Å². The van der Waals surface area contributed by atoms with E-state index in [1.54, 1.807) is 0 Å². The first-order valence-electron chi connectivity index (χ1n) is 6.92. The lowest BCUT2D eigenvalue weighted by Gasteiger charge is -2.14. The maximum absolute atomic E-state index is 9.94. The van der Waals surface area contributed by atoms with Crippen LogP contribution in [0.3, 0.4) is 0 Å². The molecule has 112 valence electrons. The molecule has 0 radical (unpaired) electrons. The van der Waals surface area contributed by atoms with Crippen LogP contribution in [-0.2, 0) is 0 Å². The molecule has 0 saturated carbocycles. The van der Waals surface area contributed by atoms with E-state index in [1.165, 1.54) is 0 Å². The molecule has 2 aromatic carbocycles. The highest BCUT2D eigenvalue weighted by molar-refractivity contribution is 6.31. The summed E-state index contributed by atoms with van der Waals surface area (Å²) in [5, 5.41) is 13.8. The van der Waals surface area contributed by atoms with Gasteiger partial charge in [-0.25, -0.2) is 0 Å². The first kappa shape index (κ1) is 15.7. The Labute approximate surface area is 130 Å². The molecule has 2 N–H and O–H groups in total. The summed E-state index contributed by atoms with van der Waals surface area (Å²) in [7, 11) is 0. The Balaban J connectivity index is 1.79. The topological polar surface area (TPSA) is 41.5 Å². The first-order valence-corrected chi connectivity index (χ1v) is 7.30. The van der Waals surface area contributed by atoms with Gasteiger partial charge in [-0.3, -0.25) is 0 Å². The third-order valence-electron chi connectivity index (χ3n) is 3.15. The quantitative estimate of drug-likeness (QED) is 0.853. The van der Waals surface area contributed by atoms with Crippen molar-refractivity contribution in [3.05, 3.63) is 58.6 Å². The molecule has 0 bridgehead atoms. The molecule has 0 heterocycles. The van der Waals surface area contributed by atoms with Crippen molar-refractivity contribution >= 4 is 17.3 Å². The molecule has 0 fully saturated rings. The fourth-order valence-electron chi connectivity index (χ4n) is 1.89. The number of hydrogen-bond donors (Lipinski definition) is 2. The summed E-state index contributed by atoms with van der Waals surface area (Å²) < 4.78 is 5.56. The van der Waals surface area contributed by atoms with Crippen molar-refractivity contribution in [1.29, 1.82) is 0 Å². The minimum atomic E-state index is -0.592. The standard InChI is InChI=1S/C17H20ClNO2/c1-12-4-3-5-16(8-12)21-11-15(20)10-19-14-7-6-13(2)17(18)9-14/h3-9,15,19-20H,10-11H2,1-2H3. The summed E-state index contributed by atoms with van der Waals surface area (Å²) >= 11 is 6.06. The molecular weight excluding hydrogens is 286 g/mol. The number of halogens is 1. The molecule has 0 spiro atoms. The van der Waals surface area contributed by atoms with Gasteiger partial charge in [0.2, 0.25) is 0 Å². The molecule has 2 aromatic rings. The predicted octanol–water partition coefficient (Wildman–Crippen LogP) is 3.81. The maximum Gasteiger partial charge on any atom is 0.119 e. The number of nitrogens with one attached hydrogen (secondary N) is 1. The molecule has 0 saturated heterocycles. The fraction of sp³-hybridized carbons (Fsp3) is 0.294. The molecule has 0 aliphatic carbocycles. The highest BCUT2D eigenvalue weighted by atomic mass is 35.5. The van der Waals surface area contributed by atoms with Crippen molar-refractivity contribution in [2.24, 2.45) is 0 Å². The van der Waals surface area contributed by atoms with E-state index in [2.05, 4.69) is 5.32 Å². The van der Waals surface area contributed by atoms with Gasteiger partial charge in [0, 0.05) is 17.3 Å². The van der Waals surface area contributed by atoms with Crippen molar-refractivity contribution in [1.82, 2.24) is 0 Å². The van der Waals surface area contributed by atoms with Crippen LogP contribution in [0.5, 0.6) is 5.75 Å². The van der Waals surface area contributed by atoms with Crippen LogP contribution >= 0.6 is 11.6 Å². The summed E-state index contributed by atoms with van der Waals surface area (Å²) in [5.41, 5.74) is 3.06. The van der Waals surface area contributed by atoms with Crippen LogP contribution in [0.1, 0.15) is 11.1 Å². The Morgan fingerprint density at radius 2 is 2.00 bits per heavy atom. The van der Waals surface area contributed by atoms with E-state index < -0.39 is 6.10 Å². The monoisotopic (exact) mass is 305 g/mol. The smallest absolute Gasteiger partial charge is 0.119 e.